The molecule has 0 saturated carbocycles. The first kappa shape index (κ1) is 32.0. The van der Waals surface area contributed by atoms with Crippen LogP contribution in [0.1, 0.15) is 81.5 Å². The molecule has 0 spiro atoms. The summed E-state index contributed by atoms with van der Waals surface area (Å²) in [6, 6.07) is 18.4. The van der Waals surface area contributed by atoms with Gasteiger partial charge in [-0.25, -0.2) is 4.79 Å². The number of benzene rings is 3. The van der Waals surface area contributed by atoms with Gasteiger partial charge in [-0.1, -0.05) is 101 Å². The number of hydrogen-bond donors (Lipinski definition) is 2. The molecule has 0 bridgehead atoms. The van der Waals surface area contributed by atoms with Gasteiger partial charge in [0.05, 0.1) is 12.1 Å². The fraction of sp³-hybridized carbons (Fsp3) is 0.412. The Morgan fingerprint density at radius 3 is 2.07 bits per heavy atom. The molecule has 220 valence electrons. The minimum absolute atomic E-state index is 0.160. The molecule has 41 heavy (non-hydrogen) atoms. The van der Waals surface area contributed by atoms with Gasteiger partial charge < -0.3 is 19.9 Å². The molecular weight excluding hydrogens is 538 g/mol. The number of aliphatic carboxylic acids is 1. The van der Waals surface area contributed by atoms with Gasteiger partial charge in [0.1, 0.15) is 11.5 Å². The third kappa shape index (κ3) is 10.4. The van der Waals surface area contributed by atoms with Crippen LogP contribution in [0.2, 0.25) is 5.02 Å². The zero-order chi connectivity index (χ0) is 29.5. The molecule has 7 heteroatoms. The number of ether oxygens (including phenoxy) is 2. The van der Waals surface area contributed by atoms with Gasteiger partial charge in [0.25, 0.3) is 5.91 Å². The van der Waals surface area contributed by atoms with Crippen molar-refractivity contribution in [2.45, 2.75) is 71.1 Å². The van der Waals surface area contributed by atoms with Crippen molar-refractivity contribution in [2.75, 3.05) is 20.3 Å². The molecule has 0 fully saturated rings. The number of rotatable bonds is 18. The molecule has 0 heterocycles. The van der Waals surface area contributed by atoms with Crippen molar-refractivity contribution in [1.29, 1.82) is 0 Å². The summed E-state index contributed by atoms with van der Waals surface area (Å²) in [6.07, 6.45) is 12.4. The Kier molecular flexibility index (Phi) is 13.5. The maximum absolute atomic E-state index is 13.3. The second-order valence-electron chi connectivity index (χ2n) is 10.3. The fourth-order valence-corrected chi connectivity index (χ4v) is 5.03. The molecule has 0 radical (unpaired) electrons. The molecule has 1 amide bonds. The van der Waals surface area contributed by atoms with Crippen molar-refractivity contribution in [1.82, 2.24) is 5.32 Å². The van der Waals surface area contributed by atoms with Crippen molar-refractivity contribution in [3.8, 4) is 33.8 Å². The topological polar surface area (TPSA) is 84.9 Å². The van der Waals surface area contributed by atoms with Gasteiger partial charge in [0.15, 0.2) is 6.61 Å². The average Bonchev–Trinajstić information content (AvgIpc) is 2.98. The monoisotopic (exact) mass is 579 g/mol. The second kappa shape index (κ2) is 17.3. The number of nitrogens with one attached hydrogen (secondary N) is 1. The zero-order valence-corrected chi connectivity index (χ0v) is 25.0. The Balaban J connectivity index is 1.73. The van der Waals surface area contributed by atoms with Gasteiger partial charge >= 0.3 is 5.97 Å². The lowest BCUT2D eigenvalue weighted by Crippen LogP contribution is -2.24. The van der Waals surface area contributed by atoms with Gasteiger partial charge in [0.2, 0.25) is 0 Å². The molecule has 2 N–H and O–H groups in total. The van der Waals surface area contributed by atoms with Crippen LogP contribution in [0.5, 0.6) is 11.5 Å². The van der Waals surface area contributed by atoms with Gasteiger partial charge in [-0.05, 0) is 59.5 Å². The highest BCUT2D eigenvalue weighted by Gasteiger charge is 2.16. The van der Waals surface area contributed by atoms with Crippen LogP contribution in [0.3, 0.4) is 0 Å². The normalized spacial score (nSPS) is 10.8. The molecule has 0 aliphatic carbocycles. The minimum Gasteiger partial charge on any atom is -0.497 e. The predicted octanol–water partition coefficient (Wildman–Crippen LogP) is 8.80. The molecule has 3 aromatic carbocycles. The number of carbonyl (C=O) groups is 2. The van der Waals surface area contributed by atoms with E-state index in [0.717, 1.165) is 29.7 Å². The third-order valence-electron chi connectivity index (χ3n) is 7.05. The highest BCUT2D eigenvalue weighted by Crippen LogP contribution is 2.38. The number of carbonyl (C=O) groups excluding carboxylic acids is 1. The molecule has 0 saturated heterocycles. The number of carboxylic acids is 1. The van der Waals surface area contributed by atoms with Crippen molar-refractivity contribution < 1.29 is 24.2 Å². The van der Waals surface area contributed by atoms with Gasteiger partial charge in [-0.2, -0.15) is 0 Å². The number of amides is 1. The largest absolute Gasteiger partial charge is 0.497 e. The standard InChI is InChI=1S/C34H42ClNO5/c1-3-4-5-6-7-8-9-10-11-12-20-36-34(39)28-22-26(25-16-18-29(40-2)19-17-25)21-27(23-28)30-14-13-15-31(35)33(30)41-24-32(37)38/h13-19,21-23H,3-12,20,24H2,1-2H3,(H,36,39)(H,37,38). The first-order chi connectivity index (χ1) is 19.9. The molecule has 6 nitrogen and oxygen atoms in total. The highest BCUT2D eigenvalue weighted by atomic mass is 35.5. The molecule has 0 unspecified atom stereocenters. The third-order valence-corrected chi connectivity index (χ3v) is 7.35. The molecule has 3 rings (SSSR count). The summed E-state index contributed by atoms with van der Waals surface area (Å²) in [5.74, 6) is -0.263. The van der Waals surface area contributed by atoms with Crippen LogP contribution in [0.15, 0.2) is 60.7 Å². The molecule has 0 aliphatic heterocycles. The van der Waals surface area contributed by atoms with E-state index in [4.69, 9.17) is 26.2 Å². The quantitative estimate of drug-likeness (QED) is 0.147. The lowest BCUT2D eigenvalue weighted by atomic mass is 9.95. The maximum Gasteiger partial charge on any atom is 0.341 e. The van der Waals surface area contributed by atoms with E-state index in [1.807, 2.05) is 42.5 Å². The highest BCUT2D eigenvalue weighted by molar-refractivity contribution is 6.32. The van der Waals surface area contributed by atoms with Crippen molar-refractivity contribution in [3.05, 3.63) is 71.2 Å². The minimum atomic E-state index is -1.10. The first-order valence-corrected chi connectivity index (χ1v) is 15.0. The van der Waals surface area contributed by atoms with E-state index in [9.17, 15) is 9.59 Å². The van der Waals surface area contributed by atoms with Crippen LogP contribution in [0.25, 0.3) is 22.3 Å². The van der Waals surface area contributed by atoms with Gasteiger partial charge in [-0.15, -0.1) is 0 Å². The van der Waals surface area contributed by atoms with E-state index in [2.05, 4.69) is 12.2 Å². The molecule has 0 atom stereocenters. The van der Waals surface area contributed by atoms with Crippen LogP contribution in [0, 0.1) is 0 Å². The smallest absolute Gasteiger partial charge is 0.341 e. The number of hydrogen-bond acceptors (Lipinski definition) is 4. The lowest BCUT2D eigenvalue weighted by Gasteiger charge is -2.15. The summed E-state index contributed by atoms with van der Waals surface area (Å²) in [7, 11) is 1.62. The summed E-state index contributed by atoms with van der Waals surface area (Å²) < 4.78 is 10.9. The van der Waals surface area contributed by atoms with E-state index >= 15 is 0 Å². The molecule has 3 aromatic rings. The molecular formula is C34H42ClNO5. The van der Waals surface area contributed by atoms with Crippen molar-refractivity contribution in [3.63, 3.8) is 0 Å². The van der Waals surface area contributed by atoms with E-state index in [1.165, 1.54) is 51.4 Å². The summed E-state index contributed by atoms with van der Waals surface area (Å²) in [5.41, 5.74) is 3.55. The Morgan fingerprint density at radius 1 is 0.805 bits per heavy atom. The Morgan fingerprint density at radius 2 is 1.44 bits per heavy atom. The summed E-state index contributed by atoms with van der Waals surface area (Å²) in [6.45, 7) is 2.33. The maximum atomic E-state index is 13.3. The van der Waals surface area contributed by atoms with E-state index in [0.29, 0.717) is 28.3 Å². The number of para-hydroxylation sites is 1. The summed E-state index contributed by atoms with van der Waals surface area (Å²) in [5, 5.41) is 12.5. The second-order valence-corrected chi connectivity index (χ2v) is 10.7. The SMILES string of the molecule is CCCCCCCCCCCCNC(=O)c1cc(-c2ccc(OC)cc2)cc(-c2cccc(Cl)c2OCC(=O)O)c1. The molecule has 0 aromatic heterocycles. The Labute approximate surface area is 249 Å². The van der Waals surface area contributed by atoms with E-state index in [-0.39, 0.29) is 11.7 Å². The van der Waals surface area contributed by atoms with Crippen LogP contribution in [-0.4, -0.2) is 37.2 Å². The predicted molar refractivity (Wildman–Crippen MR) is 166 cm³/mol. The fourth-order valence-electron chi connectivity index (χ4n) is 4.80. The first-order valence-electron chi connectivity index (χ1n) is 14.6. The van der Waals surface area contributed by atoms with Crippen LogP contribution >= 0.6 is 11.6 Å². The summed E-state index contributed by atoms with van der Waals surface area (Å²) >= 11 is 6.40. The van der Waals surface area contributed by atoms with Crippen LogP contribution < -0.4 is 14.8 Å². The van der Waals surface area contributed by atoms with E-state index in [1.54, 1.807) is 25.3 Å². The number of halogens is 1. The number of carboxylic acid groups (broad SMARTS) is 1. The van der Waals surface area contributed by atoms with Crippen LogP contribution in [0.4, 0.5) is 0 Å². The summed E-state index contributed by atoms with van der Waals surface area (Å²) in [4.78, 5) is 24.5. The molecule has 0 aliphatic rings. The van der Waals surface area contributed by atoms with Gasteiger partial charge in [-0.3, -0.25) is 4.79 Å². The Hall–Kier alpha value is -3.51. The van der Waals surface area contributed by atoms with Crippen molar-refractivity contribution in [2.24, 2.45) is 0 Å². The van der Waals surface area contributed by atoms with Crippen molar-refractivity contribution >= 4 is 23.5 Å². The van der Waals surface area contributed by atoms with Gasteiger partial charge in [0, 0.05) is 17.7 Å². The van der Waals surface area contributed by atoms with E-state index < -0.39 is 12.6 Å². The lowest BCUT2D eigenvalue weighted by molar-refractivity contribution is -0.139. The number of unbranched alkanes of at least 4 members (excludes halogenated alkanes) is 9. The number of methoxy groups -OCH3 is 1. The van der Waals surface area contributed by atoms with Crippen LogP contribution in [-0.2, 0) is 4.79 Å². The zero-order valence-electron chi connectivity index (χ0n) is 24.2. The average molecular weight is 580 g/mol. The Bertz CT molecular complexity index is 1260.